The molecule has 0 spiro atoms. The molecular formula is C18H17N3O2S. The molecule has 0 unspecified atom stereocenters. The van der Waals surface area contributed by atoms with Gasteiger partial charge in [0.2, 0.25) is 5.91 Å². The molecule has 0 aliphatic carbocycles. The molecule has 0 aliphatic rings. The van der Waals surface area contributed by atoms with Crippen LogP contribution in [0.3, 0.4) is 0 Å². The van der Waals surface area contributed by atoms with Gasteiger partial charge < -0.3 is 10.6 Å². The Morgan fingerprint density at radius 2 is 1.92 bits per heavy atom. The Labute approximate surface area is 143 Å². The van der Waals surface area contributed by atoms with Crippen LogP contribution in [-0.2, 0) is 11.3 Å². The molecular weight excluding hydrogens is 322 g/mol. The number of fused-ring (bicyclic) bond motifs is 1. The van der Waals surface area contributed by atoms with Crippen molar-refractivity contribution in [2.75, 3.05) is 6.54 Å². The van der Waals surface area contributed by atoms with Crippen molar-refractivity contribution in [2.24, 2.45) is 0 Å². The van der Waals surface area contributed by atoms with Gasteiger partial charge in [-0.15, -0.1) is 11.3 Å². The van der Waals surface area contributed by atoms with Gasteiger partial charge in [-0.05, 0) is 31.2 Å². The van der Waals surface area contributed by atoms with Gasteiger partial charge in [0.15, 0.2) is 0 Å². The van der Waals surface area contributed by atoms with E-state index in [1.807, 2.05) is 43.3 Å². The number of carbonyl (C=O) groups excluding carboxylic acids is 2. The van der Waals surface area contributed by atoms with E-state index in [0.29, 0.717) is 12.1 Å². The van der Waals surface area contributed by atoms with Gasteiger partial charge >= 0.3 is 0 Å². The first-order valence-electron chi connectivity index (χ1n) is 7.58. The summed E-state index contributed by atoms with van der Waals surface area (Å²) in [6.07, 6.45) is 0. The zero-order valence-corrected chi connectivity index (χ0v) is 14.0. The summed E-state index contributed by atoms with van der Waals surface area (Å²) in [7, 11) is 0. The minimum atomic E-state index is -0.256. The number of hydrogen-bond donors (Lipinski definition) is 2. The summed E-state index contributed by atoms with van der Waals surface area (Å²) in [5, 5.41) is 6.24. The second kappa shape index (κ2) is 7.23. The van der Waals surface area contributed by atoms with Gasteiger partial charge in [0.05, 0.1) is 23.3 Å². The third-order valence-electron chi connectivity index (χ3n) is 3.46. The maximum Gasteiger partial charge on any atom is 0.251 e. The number of aromatic nitrogens is 1. The molecule has 1 aromatic heterocycles. The summed E-state index contributed by atoms with van der Waals surface area (Å²) >= 11 is 1.55. The van der Waals surface area contributed by atoms with Gasteiger partial charge in [0, 0.05) is 5.56 Å². The molecule has 122 valence electrons. The molecule has 5 nitrogen and oxygen atoms in total. The molecule has 0 radical (unpaired) electrons. The van der Waals surface area contributed by atoms with Crippen LogP contribution in [0, 0.1) is 6.92 Å². The van der Waals surface area contributed by atoms with Crippen LogP contribution < -0.4 is 10.6 Å². The lowest BCUT2D eigenvalue weighted by molar-refractivity contribution is -0.120. The standard InChI is InChI=1S/C18H17N3O2S/c1-12-5-4-6-13(9-12)18(23)20-10-16(22)19-11-17-21-14-7-2-3-8-15(14)24-17/h2-9H,10-11H2,1H3,(H,19,22)(H,20,23). The SMILES string of the molecule is Cc1cccc(C(=O)NCC(=O)NCc2nc3ccccc3s2)c1. The first kappa shape index (κ1) is 16.1. The normalized spacial score (nSPS) is 10.5. The van der Waals surface area contributed by atoms with E-state index in [2.05, 4.69) is 15.6 Å². The second-order valence-electron chi connectivity index (χ2n) is 5.40. The molecule has 0 fully saturated rings. The Balaban J connectivity index is 1.49. The molecule has 6 heteroatoms. The lowest BCUT2D eigenvalue weighted by Gasteiger charge is -2.06. The number of amides is 2. The van der Waals surface area contributed by atoms with Crippen molar-refractivity contribution < 1.29 is 9.59 Å². The minimum absolute atomic E-state index is 0.0579. The summed E-state index contributed by atoms with van der Waals surface area (Å²) in [4.78, 5) is 28.3. The number of para-hydroxylation sites is 1. The van der Waals surface area contributed by atoms with Crippen LogP contribution in [0.15, 0.2) is 48.5 Å². The highest BCUT2D eigenvalue weighted by Gasteiger charge is 2.09. The Morgan fingerprint density at radius 3 is 2.71 bits per heavy atom. The van der Waals surface area contributed by atoms with E-state index < -0.39 is 0 Å². The molecule has 0 atom stereocenters. The number of hydrogen-bond acceptors (Lipinski definition) is 4. The van der Waals surface area contributed by atoms with E-state index in [4.69, 9.17) is 0 Å². The van der Waals surface area contributed by atoms with Gasteiger partial charge in [-0.1, -0.05) is 29.8 Å². The molecule has 3 rings (SSSR count). The summed E-state index contributed by atoms with van der Waals surface area (Å²) in [5.41, 5.74) is 2.48. The minimum Gasteiger partial charge on any atom is -0.348 e. The van der Waals surface area contributed by atoms with Gasteiger partial charge in [-0.2, -0.15) is 0 Å². The van der Waals surface area contributed by atoms with Crippen LogP contribution in [-0.4, -0.2) is 23.3 Å². The second-order valence-corrected chi connectivity index (χ2v) is 6.52. The molecule has 24 heavy (non-hydrogen) atoms. The van der Waals surface area contributed by atoms with Crippen molar-refractivity contribution in [1.82, 2.24) is 15.6 Å². The number of aryl methyl sites for hydroxylation is 1. The van der Waals surface area contributed by atoms with E-state index in [1.54, 1.807) is 23.5 Å². The van der Waals surface area contributed by atoms with Crippen LogP contribution in [0.2, 0.25) is 0 Å². The van der Waals surface area contributed by atoms with E-state index in [0.717, 1.165) is 20.8 Å². The fourth-order valence-electron chi connectivity index (χ4n) is 2.28. The monoisotopic (exact) mass is 339 g/mol. The number of thiazole rings is 1. The van der Waals surface area contributed by atoms with Gasteiger partial charge in [-0.3, -0.25) is 9.59 Å². The maximum atomic E-state index is 12.0. The van der Waals surface area contributed by atoms with Gasteiger partial charge in [-0.25, -0.2) is 4.98 Å². The van der Waals surface area contributed by atoms with E-state index in [1.165, 1.54) is 0 Å². The molecule has 0 saturated carbocycles. The zero-order valence-electron chi connectivity index (χ0n) is 13.2. The molecule has 0 bridgehead atoms. The lowest BCUT2D eigenvalue weighted by Crippen LogP contribution is -2.36. The fourth-order valence-corrected chi connectivity index (χ4v) is 3.19. The van der Waals surface area contributed by atoms with Crippen LogP contribution >= 0.6 is 11.3 Å². The van der Waals surface area contributed by atoms with Crippen LogP contribution in [0.25, 0.3) is 10.2 Å². The summed E-state index contributed by atoms with van der Waals surface area (Å²) in [6.45, 7) is 2.22. The van der Waals surface area contributed by atoms with E-state index in [-0.39, 0.29) is 18.4 Å². The van der Waals surface area contributed by atoms with E-state index >= 15 is 0 Å². The highest BCUT2D eigenvalue weighted by molar-refractivity contribution is 7.18. The van der Waals surface area contributed by atoms with Crippen LogP contribution in [0.1, 0.15) is 20.9 Å². The van der Waals surface area contributed by atoms with Crippen molar-refractivity contribution in [1.29, 1.82) is 0 Å². The molecule has 3 aromatic rings. The Kier molecular flexibility index (Phi) is 4.86. The third-order valence-corrected chi connectivity index (χ3v) is 4.50. The molecule has 1 heterocycles. The quantitative estimate of drug-likeness (QED) is 0.751. The Morgan fingerprint density at radius 1 is 1.08 bits per heavy atom. The Hall–Kier alpha value is -2.73. The highest BCUT2D eigenvalue weighted by Crippen LogP contribution is 2.21. The van der Waals surface area contributed by atoms with Crippen molar-refractivity contribution in [3.05, 3.63) is 64.7 Å². The Bertz CT molecular complexity index is 856. The largest absolute Gasteiger partial charge is 0.348 e. The predicted molar refractivity (Wildman–Crippen MR) is 95.0 cm³/mol. The van der Waals surface area contributed by atoms with Crippen molar-refractivity contribution >= 4 is 33.4 Å². The number of nitrogens with one attached hydrogen (secondary N) is 2. The average Bonchev–Trinajstić information content (AvgIpc) is 3.00. The topological polar surface area (TPSA) is 71.1 Å². The van der Waals surface area contributed by atoms with Crippen molar-refractivity contribution in [3.63, 3.8) is 0 Å². The molecule has 2 N–H and O–H groups in total. The number of benzene rings is 2. The third kappa shape index (κ3) is 3.97. The summed E-state index contributed by atoms with van der Waals surface area (Å²) < 4.78 is 1.09. The maximum absolute atomic E-state index is 12.0. The smallest absolute Gasteiger partial charge is 0.251 e. The van der Waals surface area contributed by atoms with Gasteiger partial charge in [0.1, 0.15) is 5.01 Å². The average molecular weight is 339 g/mol. The van der Waals surface area contributed by atoms with E-state index in [9.17, 15) is 9.59 Å². The molecule has 2 aromatic carbocycles. The number of nitrogens with zero attached hydrogens (tertiary/aromatic N) is 1. The number of carbonyl (C=O) groups is 2. The summed E-state index contributed by atoms with van der Waals surface area (Å²) in [5.74, 6) is -0.496. The van der Waals surface area contributed by atoms with Crippen LogP contribution in [0.4, 0.5) is 0 Å². The molecule has 0 saturated heterocycles. The predicted octanol–water partition coefficient (Wildman–Crippen LogP) is 2.65. The lowest BCUT2D eigenvalue weighted by atomic mass is 10.1. The molecule has 2 amide bonds. The zero-order chi connectivity index (χ0) is 16.9. The summed E-state index contributed by atoms with van der Waals surface area (Å²) in [6, 6.07) is 15.1. The molecule has 0 aliphatic heterocycles. The first-order valence-corrected chi connectivity index (χ1v) is 8.39. The highest BCUT2D eigenvalue weighted by atomic mass is 32.1. The first-order chi connectivity index (χ1) is 11.6. The number of rotatable bonds is 5. The van der Waals surface area contributed by atoms with Gasteiger partial charge in [0.25, 0.3) is 5.91 Å². The van der Waals surface area contributed by atoms with Crippen molar-refractivity contribution in [3.8, 4) is 0 Å². The van der Waals surface area contributed by atoms with Crippen molar-refractivity contribution in [2.45, 2.75) is 13.5 Å². The fraction of sp³-hybridized carbons (Fsp3) is 0.167. The van der Waals surface area contributed by atoms with Crippen LogP contribution in [0.5, 0.6) is 0 Å².